The zero-order valence-corrected chi connectivity index (χ0v) is 13.5. The third kappa shape index (κ3) is 3.53. The Morgan fingerprint density at radius 2 is 2.50 bits per heavy atom. The van der Waals surface area contributed by atoms with Crippen molar-refractivity contribution in [2.45, 2.75) is 38.6 Å². The lowest BCUT2D eigenvalue weighted by Crippen LogP contribution is -2.32. The second-order valence-corrected chi connectivity index (χ2v) is 6.39. The molecule has 2 aromatic heterocycles. The Morgan fingerprint density at radius 1 is 1.59 bits per heavy atom. The van der Waals surface area contributed by atoms with Gasteiger partial charge in [-0.2, -0.15) is 5.10 Å². The minimum absolute atomic E-state index is 0.195. The van der Waals surface area contributed by atoms with Gasteiger partial charge in [-0.3, -0.25) is 14.8 Å². The van der Waals surface area contributed by atoms with Crippen LogP contribution >= 0.6 is 11.3 Å². The van der Waals surface area contributed by atoms with Gasteiger partial charge in [-0.1, -0.05) is 13.3 Å². The molecule has 1 aliphatic rings. The maximum Gasteiger partial charge on any atom is 0.277 e. The lowest BCUT2D eigenvalue weighted by molar-refractivity contribution is 0.102. The molecule has 1 unspecified atom stereocenters. The van der Waals surface area contributed by atoms with Crippen molar-refractivity contribution in [1.29, 1.82) is 0 Å². The number of hydrogen-bond acceptors (Lipinski definition) is 5. The second kappa shape index (κ2) is 7.02. The van der Waals surface area contributed by atoms with Gasteiger partial charge in [0.2, 0.25) is 0 Å². The van der Waals surface area contributed by atoms with Crippen molar-refractivity contribution in [3.05, 3.63) is 29.0 Å². The predicted octanol–water partition coefficient (Wildman–Crippen LogP) is 2.47. The summed E-state index contributed by atoms with van der Waals surface area (Å²) in [6, 6.07) is 2.11. The first-order chi connectivity index (χ1) is 10.8. The van der Waals surface area contributed by atoms with Gasteiger partial charge in [-0.05, 0) is 31.9 Å². The van der Waals surface area contributed by atoms with Crippen LogP contribution in [0.15, 0.2) is 17.6 Å². The van der Waals surface area contributed by atoms with Crippen molar-refractivity contribution < 1.29 is 4.79 Å². The molecule has 0 spiro atoms. The summed E-state index contributed by atoms with van der Waals surface area (Å²) >= 11 is 1.46. The van der Waals surface area contributed by atoms with Crippen LogP contribution in [0.3, 0.4) is 0 Å². The molecule has 1 atom stereocenters. The number of nitrogens with one attached hydrogen (secondary N) is 2. The van der Waals surface area contributed by atoms with Crippen LogP contribution in [0, 0.1) is 0 Å². The maximum absolute atomic E-state index is 12.2. The number of amides is 1. The number of rotatable bonds is 5. The molecular formula is C15H21N5OS. The van der Waals surface area contributed by atoms with Crippen LogP contribution in [-0.4, -0.2) is 33.8 Å². The van der Waals surface area contributed by atoms with E-state index in [1.807, 2.05) is 16.3 Å². The van der Waals surface area contributed by atoms with Gasteiger partial charge < -0.3 is 5.32 Å². The molecule has 2 aromatic rings. The van der Waals surface area contributed by atoms with Crippen molar-refractivity contribution in [1.82, 2.24) is 20.1 Å². The fourth-order valence-corrected chi connectivity index (χ4v) is 3.36. The van der Waals surface area contributed by atoms with E-state index in [1.165, 1.54) is 11.3 Å². The summed E-state index contributed by atoms with van der Waals surface area (Å²) in [7, 11) is 0. The molecule has 1 aliphatic heterocycles. The lowest BCUT2D eigenvalue weighted by atomic mass is 10.1. The average Bonchev–Trinajstić information content (AvgIpc) is 3.18. The maximum atomic E-state index is 12.2. The Balaban J connectivity index is 1.63. The van der Waals surface area contributed by atoms with Crippen molar-refractivity contribution in [2.75, 3.05) is 18.4 Å². The standard InChI is InChI=1S/C15H21N5OS/c1-2-4-11-10-22-15(17-11)18-14(21)13-6-8-20(19-13)12-5-3-7-16-9-12/h6,8,10,12,16H,2-5,7,9H2,1H3,(H,17,18,21). The van der Waals surface area contributed by atoms with Gasteiger partial charge in [0.15, 0.2) is 10.8 Å². The van der Waals surface area contributed by atoms with E-state index in [0.29, 0.717) is 16.9 Å². The highest BCUT2D eigenvalue weighted by atomic mass is 32.1. The monoisotopic (exact) mass is 319 g/mol. The van der Waals surface area contributed by atoms with E-state index >= 15 is 0 Å². The first-order valence-electron chi connectivity index (χ1n) is 7.78. The number of piperidine rings is 1. The number of carbonyl (C=O) groups excluding carboxylic acids is 1. The lowest BCUT2D eigenvalue weighted by Gasteiger charge is -2.22. The SMILES string of the molecule is CCCc1csc(NC(=O)c2ccn(C3CCCNC3)n2)n1. The summed E-state index contributed by atoms with van der Waals surface area (Å²) in [6.07, 6.45) is 6.12. The Morgan fingerprint density at radius 3 is 3.27 bits per heavy atom. The fraction of sp³-hybridized carbons (Fsp3) is 0.533. The number of aromatic nitrogens is 3. The highest BCUT2D eigenvalue weighted by Gasteiger charge is 2.18. The molecule has 1 saturated heterocycles. The number of hydrogen-bond donors (Lipinski definition) is 2. The van der Waals surface area contributed by atoms with Crippen molar-refractivity contribution >= 4 is 22.4 Å². The topological polar surface area (TPSA) is 71.8 Å². The summed E-state index contributed by atoms with van der Waals surface area (Å²) < 4.78 is 1.89. The predicted molar refractivity (Wildman–Crippen MR) is 87.4 cm³/mol. The van der Waals surface area contributed by atoms with Crippen molar-refractivity contribution in [3.8, 4) is 0 Å². The van der Waals surface area contributed by atoms with E-state index in [-0.39, 0.29) is 5.91 Å². The molecule has 118 valence electrons. The number of carbonyl (C=O) groups is 1. The Hall–Kier alpha value is -1.73. The molecular weight excluding hydrogens is 298 g/mol. The van der Waals surface area contributed by atoms with Gasteiger partial charge in [0.1, 0.15) is 0 Å². The van der Waals surface area contributed by atoms with Crippen LogP contribution < -0.4 is 10.6 Å². The summed E-state index contributed by atoms with van der Waals surface area (Å²) in [6.45, 7) is 4.09. The van der Waals surface area contributed by atoms with Crippen LogP contribution in [0.5, 0.6) is 0 Å². The van der Waals surface area contributed by atoms with Crippen LogP contribution in [-0.2, 0) is 6.42 Å². The molecule has 22 heavy (non-hydrogen) atoms. The first-order valence-corrected chi connectivity index (χ1v) is 8.66. The Kier molecular flexibility index (Phi) is 4.84. The average molecular weight is 319 g/mol. The van der Waals surface area contributed by atoms with Crippen molar-refractivity contribution in [2.24, 2.45) is 0 Å². The smallest absolute Gasteiger partial charge is 0.277 e. The molecule has 1 amide bonds. The molecule has 0 aromatic carbocycles. The number of anilines is 1. The van der Waals surface area contributed by atoms with Gasteiger partial charge in [0, 0.05) is 18.1 Å². The quantitative estimate of drug-likeness (QED) is 0.888. The zero-order chi connectivity index (χ0) is 15.4. The molecule has 0 aliphatic carbocycles. The highest BCUT2D eigenvalue weighted by Crippen LogP contribution is 2.18. The molecule has 0 saturated carbocycles. The normalized spacial score (nSPS) is 18.3. The van der Waals surface area contributed by atoms with E-state index in [1.54, 1.807) is 6.07 Å². The molecule has 3 heterocycles. The number of aryl methyl sites for hydroxylation is 1. The van der Waals surface area contributed by atoms with E-state index < -0.39 is 0 Å². The second-order valence-electron chi connectivity index (χ2n) is 5.53. The highest BCUT2D eigenvalue weighted by molar-refractivity contribution is 7.13. The third-order valence-electron chi connectivity index (χ3n) is 3.76. The van der Waals surface area contributed by atoms with Gasteiger partial charge in [0.25, 0.3) is 5.91 Å². The van der Waals surface area contributed by atoms with E-state index in [0.717, 1.165) is 44.5 Å². The Labute approximate surface area is 133 Å². The van der Waals surface area contributed by atoms with E-state index in [4.69, 9.17) is 0 Å². The minimum atomic E-state index is -0.195. The molecule has 3 rings (SSSR count). The van der Waals surface area contributed by atoms with Gasteiger partial charge in [0.05, 0.1) is 11.7 Å². The molecule has 7 heteroatoms. The molecule has 1 fully saturated rings. The molecule has 0 radical (unpaired) electrons. The summed E-state index contributed by atoms with van der Waals surface area (Å²) in [5, 5.41) is 13.2. The number of thiazole rings is 1. The van der Waals surface area contributed by atoms with Crippen LogP contribution in [0.2, 0.25) is 0 Å². The van der Waals surface area contributed by atoms with Gasteiger partial charge in [-0.15, -0.1) is 11.3 Å². The summed E-state index contributed by atoms with van der Waals surface area (Å²) in [5.74, 6) is -0.195. The van der Waals surface area contributed by atoms with E-state index in [2.05, 4.69) is 27.6 Å². The third-order valence-corrected chi connectivity index (χ3v) is 4.57. The zero-order valence-electron chi connectivity index (χ0n) is 12.7. The molecule has 6 nitrogen and oxygen atoms in total. The first kappa shape index (κ1) is 15.2. The van der Waals surface area contributed by atoms with Crippen LogP contribution in [0.1, 0.15) is 48.4 Å². The largest absolute Gasteiger partial charge is 0.315 e. The van der Waals surface area contributed by atoms with Crippen LogP contribution in [0.25, 0.3) is 0 Å². The Bertz CT molecular complexity index is 629. The van der Waals surface area contributed by atoms with Gasteiger partial charge in [-0.25, -0.2) is 4.98 Å². The minimum Gasteiger partial charge on any atom is -0.315 e. The fourth-order valence-electron chi connectivity index (χ4n) is 2.62. The molecule has 2 N–H and O–H groups in total. The van der Waals surface area contributed by atoms with E-state index in [9.17, 15) is 4.79 Å². The van der Waals surface area contributed by atoms with Crippen LogP contribution in [0.4, 0.5) is 5.13 Å². The summed E-state index contributed by atoms with van der Waals surface area (Å²) in [5.41, 5.74) is 1.47. The van der Waals surface area contributed by atoms with Gasteiger partial charge >= 0.3 is 0 Å². The molecule has 0 bridgehead atoms. The number of nitrogens with zero attached hydrogens (tertiary/aromatic N) is 3. The van der Waals surface area contributed by atoms with Crippen molar-refractivity contribution in [3.63, 3.8) is 0 Å². The summed E-state index contributed by atoms with van der Waals surface area (Å²) in [4.78, 5) is 16.6.